The van der Waals surface area contributed by atoms with Crippen LogP contribution in [0.4, 0.5) is 17.1 Å². The molecular formula is C65H69ClN10O10S. The fraction of sp³-hybridized carbons (Fsp3) is 0.385. The lowest BCUT2D eigenvalue weighted by Gasteiger charge is -2.39. The van der Waals surface area contributed by atoms with Crippen LogP contribution in [-0.4, -0.2) is 126 Å². The number of unbranched alkanes of at least 4 members (excludes halogenated alkanes) is 2. The molecule has 5 amide bonds. The first-order valence-corrected chi connectivity index (χ1v) is 31.5. The number of halogens is 1. The summed E-state index contributed by atoms with van der Waals surface area (Å²) in [5.41, 5.74) is 7.21. The summed E-state index contributed by atoms with van der Waals surface area (Å²) in [6.07, 6.45) is 10.4. The van der Waals surface area contributed by atoms with Crippen LogP contribution in [0, 0.1) is 33.3 Å². The number of allylic oxidation sites excluding steroid dienone is 1. The first kappa shape index (κ1) is 60.1. The van der Waals surface area contributed by atoms with Gasteiger partial charge in [-0.25, -0.2) is 18.1 Å². The number of likely N-dealkylation sites (tertiary alicyclic amines) is 1. The van der Waals surface area contributed by atoms with Gasteiger partial charge in [0.15, 0.2) is 0 Å². The molecule has 20 nitrogen and oxygen atoms in total. The van der Waals surface area contributed by atoms with Gasteiger partial charge < -0.3 is 29.7 Å². The van der Waals surface area contributed by atoms with Gasteiger partial charge >= 0.3 is 0 Å². The van der Waals surface area contributed by atoms with E-state index in [1.165, 1.54) is 46.0 Å². The molecule has 2 aromatic heterocycles. The Bertz CT molecular complexity index is 3890. The Labute approximate surface area is 510 Å². The minimum atomic E-state index is -4.66. The quantitative estimate of drug-likeness (QED) is 0.0206. The van der Waals surface area contributed by atoms with Gasteiger partial charge in [-0.3, -0.25) is 44.3 Å². The van der Waals surface area contributed by atoms with Crippen molar-refractivity contribution in [3.8, 4) is 23.3 Å². The highest BCUT2D eigenvalue weighted by Gasteiger charge is 2.40. The number of nitrogens with one attached hydrogen (secondary N) is 4. The summed E-state index contributed by atoms with van der Waals surface area (Å²) in [6.45, 7) is 10.1. The number of piperidine rings is 2. The van der Waals surface area contributed by atoms with Crippen LogP contribution in [0.3, 0.4) is 0 Å². The van der Waals surface area contributed by atoms with Crippen molar-refractivity contribution >= 4 is 84.8 Å². The highest BCUT2D eigenvalue weighted by Crippen LogP contribution is 2.44. The third-order valence-corrected chi connectivity index (χ3v) is 18.9. The van der Waals surface area contributed by atoms with E-state index in [0.717, 1.165) is 61.6 Å². The summed E-state index contributed by atoms with van der Waals surface area (Å²) >= 11 is 6.27. The van der Waals surface area contributed by atoms with Crippen LogP contribution in [0.5, 0.6) is 11.5 Å². The van der Waals surface area contributed by atoms with Gasteiger partial charge in [0.1, 0.15) is 28.9 Å². The van der Waals surface area contributed by atoms with E-state index >= 15 is 0 Å². The van der Waals surface area contributed by atoms with Crippen LogP contribution >= 0.6 is 11.6 Å². The molecule has 1 atom stereocenters. The topological polar surface area (TPSA) is 250 Å². The van der Waals surface area contributed by atoms with E-state index in [-0.39, 0.29) is 65.4 Å². The number of benzene rings is 4. The monoisotopic (exact) mass is 1220 g/mol. The number of aromatic amines is 1. The number of nitro groups is 1. The molecule has 0 radical (unpaired) electrons. The average molecular weight is 1220 g/mol. The molecule has 0 bridgehead atoms. The van der Waals surface area contributed by atoms with Gasteiger partial charge in [-0.2, -0.15) is 0 Å². The van der Waals surface area contributed by atoms with Crippen molar-refractivity contribution in [2.75, 3.05) is 62.6 Å². The number of carbonyl (C=O) groups excluding carboxylic acids is 5. The van der Waals surface area contributed by atoms with Gasteiger partial charge in [-0.1, -0.05) is 61.1 Å². The summed E-state index contributed by atoms with van der Waals surface area (Å²) < 4.78 is 36.4. The van der Waals surface area contributed by atoms with E-state index in [1.54, 1.807) is 36.5 Å². The zero-order valence-electron chi connectivity index (χ0n) is 48.7. The largest absolute Gasteiger partial charge is 0.455 e. The summed E-state index contributed by atoms with van der Waals surface area (Å²) in [6, 6.07) is 24.9. The van der Waals surface area contributed by atoms with E-state index in [9.17, 15) is 42.5 Å². The molecule has 452 valence electrons. The lowest BCUT2D eigenvalue weighted by molar-refractivity contribution is -0.384. The first-order valence-electron chi connectivity index (χ1n) is 29.7. The molecule has 4 N–H and O–H groups in total. The Morgan fingerprint density at radius 1 is 0.920 bits per heavy atom. The molecule has 1 aliphatic carbocycles. The summed E-state index contributed by atoms with van der Waals surface area (Å²) in [5.74, 6) is 4.84. The number of hydrogen-bond acceptors (Lipinski definition) is 14. The minimum absolute atomic E-state index is 0.0386. The van der Waals surface area contributed by atoms with Crippen molar-refractivity contribution in [3.63, 3.8) is 0 Å². The van der Waals surface area contributed by atoms with E-state index in [4.69, 9.17) is 16.3 Å². The predicted molar refractivity (Wildman–Crippen MR) is 331 cm³/mol. The number of H-pyrrole nitrogens is 1. The molecule has 5 aliphatic rings. The number of ether oxygens (including phenoxy) is 1. The highest BCUT2D eigenvalue weighted by molar-refractivity contribution is 7.90. The van der Waals surface area contributed by atoms with Crippen molar-refractivity contribution in [1.82, 2.24) is 34.7 Å². The van der Waals surface area contributed by atoms with E-state index in [0.29, 0.717) is 98.8 Å². The number of anilines is 2. The number of pyridine rings is 1. The van der Waals surface area contributed by atoms with Crippen LogP contribution in [0.1, 0.15) is 122 Å². The molecule has 0 spiro atoms. The molecule has 0 saturated carbocycles. The zero-order chi connectivity index (χ0) is 61.0. The number of fused-ring (bicyclic) bond motifs is 2. The Morgan fingerprint density at radius 3 is 2.48 bits per heavy atom. The van der Waals surface area contributed by atoms with Gasteiger partial charge in [0.25, 0.3) is 27.5 Å². The molecule has 4 aliphatic heterocycles. The van der Waals surface area contributed by atoms with Crippen molar-refractivity contribution in [2.45, 2.75) is 102 Å². The Kier molecular flexibility index (Phi) is 17.8. The molecule has 87 heavy (non-hydrogen) atoms. The highest BCUT2D eigenvalue weighted by atomic mass is 35.5. The fourth-order valence-electron chi connectivity index (χ4n) is 12.3. The smallest absolute Gasteiger partial charge is 0.293 e. The van der Waals surface area contributed by atoms with Crippen LogP contribution in [0.25, 0.3) is 16.6 Å². The lowest BCUT2D eigenvalue weighted by atomic mass is 9.72. The molecule has 3 saturated heterocycles. The third-order valence-electron chi connectivity index (χ3n) is 17.3. The predicted octanol–water partition coefficient (Wildman–Crippen LogP) is 9.84. The fourth-order valence-corrected chi connectivity index (χ4v) is 13.5. The normalized spacial score (nSPS) is 18.3. The van der Waals surface area contributed by atoms with Gasteiger partial charge in [0.05, 0.1) is 21.6 Å². The van der Waals surface area contributed by atoms with Gasteiger partial charge in [-0.15, -0.1) is 0 Å². The second-order valence-electron chi connectivity index (χ2n) is 23.9. The standard InChI is InChI=1S/C65H69ClN10O10S/c1-65(2)26-22-46(53(37-65)44-12-14-47(66)15-13-44)40-72-30-32-73(33-31-72)48-16-18-52(58(35-48)86-49-34-45-23-27-67-61(45)69-39-49)62(79)71-87(84,85)50-17-19-55(57(36-50)76(82)83)68-38-42-24-28-74(29-25-42)60(78)11-6-4-3-5-8-43-9-7-10-51-54(43)41-75(64(51)81)56-20-21-59(77)70-63(56)80/h7,9-10,12-19,23,27,34-36,39,42,56,68H,3-4,6,11,20-22,24-26,28-33,37-38,40-41H2,1-2H3,(H,67,69)(H,71,79)(H,70,77,80). The molecule has 6 aromatic rings. The molecule has 1 unspecified atom stereocenters. The second kappa shape index (κ2) is 25.8. The third kappa shape index (κ3) is 14.0. The van der Waals surface area contributed by atoms with Gasteiger partial charge in [0.2, 0.25) is 17.7 Å². The number of imide groups is 1. The molecule has 22 heteroatoms. The summed E-state index contributed by atoms with van der Waals surface area (Å²) in [7, 11) is -4.66. The molecule has 4 aromatic carbocycles. The number of rotatable bonds is 18. The van der Waals surface area contributed by atoms with Crippen LogP contribution < -0.4 is 25.0 Å². The molecule has 11 rings (SSSR count). The Morgan fingerprint density at radius 2 is 1.71 bits per heavy atom. The number of piperazine rings is 1. The molecule has 3 fully saturated rings. The number of sulfonamides is 1. The summed E-state index contributed by atoms with van der Waals surface area (Å²) in [4.78, 5) is 91.6. The number of aromatic nitrogens is 2. The number of nitro benzene ring substituents is 1. The molecular weight excluding hydrogens is 1150 g/mol. The first-order chi connectivity index (χ1) is 41.8. The van der Waals surface area contributed by atoms with Crippen molar-refractivity contribution in [2.24, 2.45) is 11.3 Å². The van der Waals surface area contributed by atoms with Crippen LogP contribution in [0.2, 0.25) is 5.02 Å². The van der Waals surface area contributed by atoms with Crippen molar-refractivity contribution in [3.05, 3.63) is 152 Å². The lowest BCUT2D eigenvalue weighted by Crippen LogP contribution is -2.52. The van der Waals surface area contributed by atoms with E-state index in [1.807, 2.05) is 29.2 Å². The van der Waals surface area contributed by atoms with Crippen molar-refractivity contribution in [1.29, 1.82) is 0 Å². The van der Waals surface area contributed by atoms with Crippen LogP contribution in [-0.2, 0) is 31.0 Å². The maximum Gasteiger partial charge on any atom is 0.293 e. The molecule has 6 heterocycles. The Balaban J connectivity index is 0.675. The number of carbonyl (C=O) groups is 5. The zero-order valence-corrected chi connectivity index (χ0v) is 50.2. The average Bonchev–Trinajstić information content (AvgIpc) is 2.57. The number of hydrogen-bond donors (Lipinski definition) is 4. The summed E-state index contributed by atoms with van der Waals surface area (Å²) in [5, 5.41) is 19.4. The van der Waals surface area contributed by atoms with E-state index in [2.05, 4.69) is 72.9 Å². The minimum Gasteiger partial charge on any atom is -0.455 e. The van der Waals surface area contributed by atoms with Gasteiger partial charge in [0, 0.05) is 124 Å². The van der Waals surface area contributed by atoms with Crippen LogP contribution in [0.15, 0.2) is 114 Å². The number of amides is 5. The van der Waals surface area contributed by atoms with E-state index < -0.39 is 43.4 Å². The van der Waals surface area contributed by atoms with Crippen molar-refractivity contribution < 1.29 is 42.1 Å². The second-order valence-corrected chi connectivity index (χ2v) is 26.0. The maximum atomic E-state index is 14.2. The Hall–Kier alpha value is -8.58. The number of nitrogens with zero attached hydrogens (tertiary/aromatic N) is 6. The SMILES string of the molecule is CC1(C)CCC(CN2CCN(c3ccc(C(=O)NS(=O)(=O)c4ccc(NCC5CCN(C(=O)CCCCC#Cc6cccc7c6CN(C6CCC(=O)NC6=O)C7=O)CC5)c([N+](=O)[O-])c4)c(Oc4cnc5[nH]ccc5c4)c3)CC2)=C(c2ccc(Cl)cc2)C1. The maximum absolute atomic E-state index is 14.2. The van der Waals surface area contributed by atoms with Gasteiger partial charge in [-0.05, 0) is 140 Å².